The van der Waals surface area contributed by atoms with E-state index in [0.29, 0.717) is 4.47 Å². The van der Waals surface area contributed by atoms with Gasteiger partial charge in [-0.05, 0) is 47.5 Å². The number of hydrogen-bond acceptors (Lipinski definition) is 2. The summed E-state index contributed by atoms with van der Waals surface area (Å²) in [4.78, 5) is 0.244. The molecule has 1 N–H and O–H groups in total. The van der Waals surface area contributed by atoms with Crippen molar-refractivity contribution in [3.05, 3.63) is 27.1 Å². The number of benzene rings is 1. The van der Waals surface area contributed by atoms with Gasteiger partial charge in [0, 0.05) is 20.3 Å². The molecular formula is C10H12Br3NO2S. The third-order valence-corrected chi connectivity index (χ3v) is 5.62. The average molecular weight is 450 g/mol. The number of rotatable bonds is 5. The maximum atomic E-state index is 12.1. The SMILES string of the molecule is CC(CCBr)NS(=O)(=O)c1cc(Br)ccc1Br. The van der Waals surface area contributed by atoms with Crippen molar-refractivity contribution in [1.82, 2.24) is 4.72 Å². The fourth-order valence-electron chi connectivity index (χ4n) is 1.23. The van der Waals surface area contributed by atoms with Crippen LogP contribution in [0, 0.1) is 0 Å². The third-order valence-electron chi connectivity index (χ3n) is 2.08. The van der Waals surface area contributed by atoms with Crippen molar-refractivity contribution in [2.45, 2.75) is 24.3 Å². The van der Waals surface area contributed by atoms with Crippen molar-refractivity contribution < 1.29 is 8.42 Å². The molecule has 0 aliphatic carbocycles. The summed E-state index contributed by atoms with van der Waals surface area (Å²) >= 11 is 9.80. The highest BCUT2D eigenvalue weighted by Gasteiger charge is 2.20. The Kier molecular flexibility index (Phi) is 6.12. The molecule has 0 amide bonds. The van der Waals surface area contributed by atoms with E-state index in [4.69, 9.17) is 0 Å². The second-order valence-corrected chi connectivity index (χ2v) is 7.82. The van der Waals surface area contributed by atoms with E-state index in [0.717, 1.165) is 16.2 Å². The van der Waals surface area contributed by atoms with Gasteiger partial charge in [0.1, 0.15) is 0 Å². The van der Waals surface area contributed by atoms with Gasteiger partial charge in [0.2, 0.25) is 10.0 Å². The standard InChI is InChI=1S/C10H12Br3NO2S/c1-7(4-5-11)14-17(15,16)10-6-8(12)2-3-9(10)13/h2-3,6-7,14H,4-5H2,1H3. The summed E-state index contributed by atoms with van der Waals surface area (Å²) in [5.41, 5.74) is 0. The van der Waals surface area contributed by atoms with Crippen LogP contribution < -0.4 is 4.72 Å². The Bertz CT molecular complexity index is 490. The first kappa shape index (κ1) is 15.6. The highest BCUT2D eigenvalue weighted by molar-refractivity contribution is 9.11. The van der Waals surface area contributed by atoms with Gasteiger partial charge in [0.05, 0.1) is 4.90 Å². The summed E-state index contributed by atoms with van der Waals surface area (Å²) in [6.45, 7) is 1.84. The van der Waals surface area contributed by atoms with Crippen LogP contribution in [0.4, 0.5) is 0 Å². The topological polar surface area (TPSA) is 46.2 Å². The van der Waals surface area contributed by atoms with E-state index in [9.17, 15) is 8.42 Å². The second-order valence-electron chi connectivity index (χ2n) is 3.57. The molecule has 0 aliphatic rings. The third kappa shape index (κ3) is 4.63. The fraction of sp³-hybridized carbons (Fsp3) is 0.400. The summed E-state index contributed by atoms with van der Waals surface area (Å²) in [7, 11) is -3.48. The largest absolute Gasteiger partial charge is 0.241 e. The monoisotopic (exact) mass is 447 g/mol. The van der Waals surface area contributed by atoms with E-state index in [1.165, 1.54) is 0 Å². The van der Waals surface area contributed by atoms with Crippen molar-refractivity contribution in [3.8, 4) is 0 Å². The lowest BCUT2D eigenvalue weighted by atomic mass is 10.3. The van der Waals surface area contributed by atoms with Crippen molar-refractivity contribution in [2.75, 3.05) is 5.33 Å². The second kappa shape index (κ2) is 6.65. The first-order valence-electron chi connectivity index (χ1n) is 4.90. The van der Waals surface area contributed by atoms with Gasteiger partial charge in [-0.2, -0.15) is 0 Å². The maximum Gasteiger partial charge on any atom is 0.241 e. The van der Waals surface area contributed by atoms with Crippen molar-refractivity contribution in [3.63, 3.8) is 0 Å². The van der Waals surface area contributed by atoms with Crippen molar-refractivity contribution in [2.24, 2.45) is 0 Å². The molecule has 1 atom stereocenters. The van der Waals surface area contributed by atoms with Crippen LogP contribution in [0.2, 0.25) is 0 Å². The number of halogens is 3. The first-order valence-corrected chi connectivity index (χ1v) is 9.09. The van der Waals surface area contributed by atoms with Crippen LogP contribution >= 0.6 is 47.8 Å². The molecule has 1 unspecified atom stereocenters. The Labute approximate surface area is 127 Å². The lowest BCUT2D eigenvalue weighted by molar-refractivity contribution is 0.557. The minimum Gasteiger partial charge on any atom is -0.208 e. The zero-order valence-corrected chi connectivity index (χ0v) is 14.7. The van der Waals surface area contributed by atoms with Gasteiger partial charge in [-0.15, -0.1) is 0 Å². The van der Waals surface area contributed by atoms with Crippen LogP contribution in [-0.2, 0) is 10.0 Å². The van der Waals surface area contributed by atoms with Crippen LogP contribution in [0.1, 0.15) is 13.3 Å². The lowest BCUT2D eigenvalue weighted by Crippen LogP contribution is -2.33. The molecule has 0 radical (unpaired) electrons. The van der Waals surface area contributed by atoms with Crippen LogP contribution in [0.25, 0.3) is 0 Å². The minimum atomic E-state index is -3.48. The Morgan fingerprint density at radius 3 is 2.59 bits per heavy atom. The predicted octanol–water partition coefficient (Wildman–Crippen LogP) is 3.66. The summed E-state index contributed by atoms with van der Waals surface area (Å²) in [5.74, 6) is 0. The summed E-state index contributed by atoms with van der Waals surface area (Å²) < 4.78 is 28.1. The number of nitrogens with one attached hydrogen (secondary N) is 1. The minimum absolute atomic E-state index is 0.106. The van der Waals surface area contributed by atoms with Gasteiger partial charge in [-0.1, -0.05) is 31.9 Å². The predicted molar refractivity (Wildman–Crippen MR) is 80.0 cm³/mol. The molecule has 0 aromatic heterocycles. The van der Waals surface area contributed by atoms with E-state index in [2.05, 4.69) is 52.5 Å². The first-order chi connectivity index (χ1) is 7.86. The molecule has 0 saturated carbocycles. The molecule has 0 saturated heterocycles. The van der Waals surface area contributed by atoms with Crippen LogP contribution in [0.15, 0.2) is 32.0 Å². The lowest BCUT2D eigenvalue weighted by Gasteiger charge is -2.14. The van der Waals surface area contributed by atoms with Gasteiger partial charge in [0.25, 0.3) is 0 Å². The Balaban J connectivity index is 3.01. The molecule has 96 valence electrons. The highest BCUT2D eigenvalue weighted by atomic mass is 79.9. The van der Waals surface area contributed by atoms with Crippen molar-refractivity contribution >= 4 is 57.8 Å². The summed E-state index contributed by atoms with van der Waals surface area (Å²) in [6, 6.07) is 4.96. The maximum absolute atomic E-state index is 12.1. The molecule has 1 aromatic rings. The smallest absolute Gasteiger partial charge is 0.208 e. The van der Waals surface area contributed by atoms with Gasteiger partial charge < -0.3 is 0 Å². The van der Waals surface area contributed by atoms with Crippen molar-refractivity contribution in [1.29, 1.82) is 0 Å². The fourth-order valence-corrected chi connectivity index (χ4v) is 4.70. The zero-order chi connectivity index (χ0) is 13.1. The van der Waals surface area contributed by atoms with Crippen LogP contribution in [0.3, 0.4) is 0 Å². The average Bonchev–Trinajstić information content (AvgIpc) is 2.21. The quantitative estimate of drug-likeness (QED) is 0.697. The summed E-state index contributed by atoms with van der Waals surface area (Å²) in [5, 5.41) is 0.760. The van der Waals surface area contributed by atoms with E-state index in [-0.39, 0.29) is 10.9 Å². The molecule has 0 spiro atoms. The molecule has 0 fully saturated rings. The molecule has 1 aromatic carbocycles. The summed E-state index contributed by atoms with van der Waals surface area (Å²) in [6.07, 6.45) is 0.741. The van der Waals surface area contributed by atoms with E-state index >= 15 is 0 Å². The molecular weight excluding hydrogens is 438 g/mol. The van der Waals surface area contributed by atoms with Crippen LogP contribution in [-0.4, -0.2) is 19.8 Å². The zero-order valence-electron chi connectivity index (χ0n) is 9.08. The molecule has 0 bridgehead atoms. The van der Waals surface area contributed by atoms with Crippen LogP contribution in [0.5, 0.6) is 0 Å². The highest BCUT2D eigenvalue weighted by Crippen LogP contribution is 2.25. The molecule has 17 heavy (non-hydrogen) atoms. The molecule has 0 heterocycles. The van der Waals surface area contributed by atoms with E-state index in [1.807, 2.05) is 6.92 Å². The Morgan fingerprint density at radius 2 is 2.00 bits per heavy atom. The number of sulfonamides is 1. The van der Waals surface area contributed by atoms with Gasteiger partial charge in [0.15, 0.2) is 0 Å². The molecule has 1 rings (SSSR count). The Morgan fingerprint density at radius 1 is 1.35 bits per heavy atom. The Hall–Kier alpha value is 0.570. The van der Waals surface area contributed by atoms with Gasteiger partial charge in [-0.25, -0.2) is 13.1 Å². The van der Waals surface area contributed by atoms with Gasteiger partial charge in [-0.3, -0.25) is 0 Å². The molecule has 7 heteroatoms. The number of hydrogen-bond donors (Lipinski definition) is 1. The molecule has 0 aliphatic heterocycles. The van der Waals surface area contributed by atoms with E-state index < -0.39 is 10.0 Å². The normalized spacial score (nSPS) is 13.6. The van der Waals surface area contributed by atoms with E-state index in [1.54, 1.807) is 18.2 Å². The number of alkyl halides is 1. The molecule has 3 nitrogen and oxygen atoms in total. The van der Waals surface area contributed by atoms with Gasteiger partial charge >= 0.3 is 0 Å².